The SMILES string of the molecule is COc1ccc(Br)cc1CN1CCN(CC(=O)N2CCOCC2)CC1. The number of hydrogen-bond donors (Lipinski definition) is 0. The van der Waals surface area contributed by atoms with Crippen molar-refractivity contribution in [2.45, 2.75) is 6.54 Å². The highest BCUT2D eigenvalue weighted by molar-refractivity contribution is 9.10. The van der Waals surface area contributed by atoms with Crippen LogP contribution in [0.3, 0.4) is 0 Å². The molecular formula is C18H26BrN3O3. The van der Waals surface area contributed by atoms with Crippen molar-refractivity contribution >= 4 is 21.8 Å². The molecule has 138 valence electrons. The monoisotopic (exact) mass is 411 g/mol. The zero-order valence-electron chi connectivity index (χ0n) is 14.7. The molecule has 0 spiro atoms. The van der Waals surface area contributed by atoms with Gasteiger partial charge < -0.3 is 14.4 Å². The highest BCUT2D eigenvalue weighted by atomic mass is 79.9. The molecule has 2 saturated heterocycles. The number of benzene rings is 1. The first-order chi connectivity index (χ1) is 12.2. The molecule has 3 rings (SSSR count). The van der Waals surface area contributed by atoms with Crippen LogP contribution in [0.2, 0.25) is 0 Å². The first-order valence-electron chi connectivity index (χ1n) is 8.78. The van der Waals surface area contributed by atoms with E-state index in [1.807, 2.05) is 17.0 Å². The molecule has 1 aromatic carbocycles. The van der Waals surface area contributed by atoms with E-state index in [0.717, 1.165) is 56.0 Å². The maximum Gasteiger partial charge on any atom is 0.236 e. The zero-order valence-corrected chi connectivity index (χ0v) is 16.3. The van der Waals surface area contributed by atoms with Crippen LogP contribution < -0.4 is 4.74 Å². The Morgan fingerprint density at radius 3 is 2.48 bits per heavy atom. The summed E-state index contributed by atoms with van der Waals surface area (Å²) in [6.07, 6.45) is 0. The molecule has 0 aromatic heterocycles. The smallest absolute Gasteiger partial charge is 0.236 e. The second kappa shape index (κ2) is 8.98. The molecule has 0 N–H and O–H groups in total. The third-order valence-corrected chi connectivity index (χ3v) is 5.32. The Morgan fingerprint density at radius 1 is 1.12 bits per heavy atom. The Hall–Kier alpha value is -1.15. The minimum Gasteiger partial charge on any atom is -0.496 e. The average Bonchev–Trinajstić information content (AvgIpc) is 2.64. The topological polar surface area (TPSA) is 45.2 Å². The third-order valence-electron chi connectivity index (χ3n) is 4.82. The molecular weight excluding hydrogens is 386 g/mol. The van der Waals surface area contributed by atoms with Gasteiger partial charge in [0.15, 0.2) is 0 Å². The number of carbonyl (C=O) groups is 1. The normalized spacial score (nSPS) is 19.8. The molecule has 2 fully saturated rings. The van der Waals surface area contributed by atoms with Crippen LogP contribution >= 0.6 is 15.9 Å². The van der Waals surface area contributed by atoms with Gasteiger partial charge in [0.1, 0.15) is 5.75 Å². The van der Waals surface area contributed by atoms with Crippen molar-refractivity contribution in [3.8, 4) is 5.75 Å². The van der Waals surface area contributed by atoms with E-state index in [1.165, 1.54) is 5.56 Å². The van der Waals surface area contributed by atoms with Crippen molar-refractivity contribution in [1.82, 2.24) is 14.7 Å². The standard InChI is InChI=1S/C18H26BrN3O3/c1-24-17-3-2-16(19)12-15(17)13-20-4-6-21(7-5-20)14-18(23)22-8-10-25-11-9-22/h2-3,12H,4-11,13-14H2,1H3. The van der Waals surface area contributed by atoms with Crippen LogP contribution in [-0.2, 0) is 16.1 Å². The molecule has 0 aliphatic carbocycles. The predicted molar refractivity (Wildman–Crippen MR) is 99.8 cm³/mol. The lowest BCUT2D eigenvalue weighted by molar-refractivity contribution is -0.136. The summed E-state index contributed by atoms with van der Waals surface area (Å²) in [7, 11) is 1.71. The largest absolute Gasteiger partial charge is 0.496 e. The first kappa shape index (κ1) is 18.6. The van der Waals surface area contributed by atoms with Crippen LogP contribution in [0.15, 0.2) is 22.7 Å². The van der Waals surface area contributed by atoms with Crippen molar-refractivity contribution in [1.29, 1.82) is 0 Å². The number of morpholine rings is 1. The average molecular weight is 412 g/mol. The molecule has 1 amide bonds. The number of carbonyl (C=O) groups excluding carboxylic acids is 1. The van der Waals surface area contributed by atoms with Gasteiger partial charge in [-0.2, -0.15) is 0 Å². The minimum atomic E-state index is 0.227. The molecule has 25 heavy (non-hydrogen) atoms. The first-order valence-corrected chi connectivity index (χ1v) is 9.57. The van der Waals surface area contributed by atoms with Gasteiger partial charge in [-0.05, 0) is 18.2 Å². The lowest BCUT2D eigenvalue weighted by Gasteiger charge is -2.36. The quantitative estimate of drug-likeness (QED) is 0.733. The molecule has 2 heterocycles. The summed E-state index contributed by atoms with van der Waals surface area (Å²) in [4.78, 5) is 18.9. The van der Waals surface area contributed by atoms with E-state index in [0.29, 0.717) is 19.8 Å². The fraction of sp³-hybridized carbons (Fsp3) is 0.611. The Kier molecular flexibility index (Phi) is 6.70. The van der Waals surface area contributed by atoms with Crippen molar-refractivity contribution in [2.24, 2.45) is 0 Å². The molecule has 6 nitrogen and oxygen atoms in total. The van der Waals surface area contributed by atoms with Crippen LogP contribution in [0.1, 0.15) is 5.56 Å². The number of nitrogens with zero attached hydrogens (tertiary/aromatic N) is 3. The number of piperazine rings is 1. The zero-order chi connectivity index (χ0) is 17.6. The van der Waals surface area contributed by atoms with Gasteiger partial charge in [0.05, 0.1) is 26.9 Å². The van der Waals surface area contributed by atoms with Crippen molar-refractivity contribution in [3.63, 3.8) is 0 Å². The van der Waals surface area contributed by atoms with Crippen molar-refractivity contribution in [2.75, 3.05) is 66.1 Å². The summed E-state index contributed by atoms with van der Waals surface area (Å²) < 4.78 is 11.8. The van der Waals surface area contributed by atoms with E-state index in [9.17, 15) is 4.79 Å². The van der Waals surface area contributed by atoms with Gasteiger partial charge in [-0.3, -0.25) is 14.6 Å². The molecule has 0 atom stereocenters. The van der Waals surface area contributed by atoms with Crippen molar-refractivity contribution in [3.05, 3.63) is 28.2 Å². The van der Waals surface area contributed by atoms with Crippen molar-refractivity contribution < 1.29 is 14.3 Å². The van der Waals surface area contributed by atoms with Gasteiger partial charge in [0.25, 0.3) is 0 Å². The number of amides is 1. The number of methoxy groups -OCH3 is 1. The number of hydrogen-bond acceptors (Lipinski definition) is 5. The Morgan fingerprint density at radius 2 is 1.80 bits per heavy atom. The predicted octanol–water partition coefficient (Wildman–Crippen LogP) is 1.43. The Labute approximate surface area is 157 Å². The van der Waals surface area contributed by atoms with E-state index in [-0.39, 0.29) is 5.91 Å². The summed E-state index contributed by atoms with van der Waals surface area (Å²) in [5, 5.41) is 0. The van der Waals surface area contributed by atoms with Crippen LogP contribution in [0.5, 0.6) is 5.75 Å². The molecule has 0 unspecified atom stereocenters. The van der Waals surface area contributed by atoms with Crippen LogP contribution in [-0.4, -0.2) is 86.7 Å². The number of rotatable bonds is 5. The highest BCUT2D eigenvalue weighted by Gasteiger charge is 2.23. The van der Waals surface area contributed by atoms with Crippen LogP contribution in [0.25, 0.3) is 0 Å². The molecule has 0 saturated carbocycles. The number of halogens is 1. The summed E-state index contributed by atoms with van der Waals surface area (Å²) in [5.74, 6) is 1.15. The maximum absolute atomic E-state index is 12.4. The molecule has 2 aliphatic rings. The van der Waals surface area contributed by atoms with Crippen LogP contribution in [0.4, 0.5) is 0 Å². The third kappa shape index (κ3) is 5.17. The van der Waals surface area contributed by atoms with E-state index in [4.69, 9.17) is 9.47 Å². The molecule has 7 heteroatoms. The van der Waals surface area contributed by atoms with E-state index < -0.39 is 0 Å². The molecule has 2 aliphatic heterocycles. The van der Waals surface area contributed by atoms with E-state index in [1.54, 1.807) is 7.11 Å². The lowest BCUT2D eigenvalue weighted by atomic mass is 10.1. The van der Waals surface area contributed by atoms with Crippen LogP contribution in [0, 0.1) is 0 Å². The van der Waals surface area contributed by atoms with Gasteiger partial charge in [0, 0.05) is 55.8 Å². The number of ether oxygens (including phenoxy) is 2. The van der Waals surface area contributed by atoms with Gasteiger partial charge in [-0.15, -0.1) is 0 Å². The van der Waals surface area contributed by atoms with Gasteiger partial charge >= 0.3 is 0 Å². The van der Waals surface area contributed by atoms with E-state index in [2.05, 4.69) is 31.8 Å². The lowest BCUT2D eigenvalue weighted by Crippen LogP contribution is -2.51. The second-order valence-electron chi connectivity index (χ2n) is 6.50. The Bertz CT molecular complexity index is 585. The Balaban J connectivity index is 1.47. The molecule has 0 radical (unpaired) electrons. The molecule has 1 aromatic rings. The fourth-order valence-electron chi connectivity index (χ4n) is 3.32. The van der Waals surface area contributed by atoms with Gasteiger partial charge in [-0.1, -0.05) is 15.9 Å². The molecule has 0 bridgehead atoms. The maximum atomic E-state index is 12.4. The highest BCUT2D eigenvalue weighted by Crippen LogP contribution is 2.24. The van der Waals surface area contributed by atoms with Gasteiger partial charge in [-0.25, -0.2) is 0 Å². The van der Waals surface area contributed by atoms with Gasteiger partial charge in [0.2, 0.25) is 5.91 Å². The summed E-state index contributed by atoms with van der Waals surface area (Å²) in [5.41, 5.74) is 1.19. The summed E-state index contributed by atoms with van der Waals surface area (Å²) in [6, 6.07) is 6.11. The fourth-order valence-corrected chi connectivity index (χ4v) is 3.73. The van der Waals surface area contributed by atoms with E-state index >= 15 is 0 Å². The summed E-state index contributed by atoms with van der Waals surface area (Å²) in [6.45, 7) is 7.93. The summed E-state index contributed by atoms with van der Waals surface area (Å²) >= 11 is 3.53. The second-order valence-corrected chi connectivity index (χ2v) is 7.42. The minimum absolute atomic E-state index is 0.227.